The van der Waals surface area contributed by atoms with E-state index in [0.29, 0.717) is 36.3 Å². The number of nitrogens with zero attached hydrogens (tertiary/aromatic N) is 3. The van der Waals surface area contributed by atoms with Crippen LogP contribution in [0.15, 0.2) is 30.5 Å². The predicted molar refractivity (Wildman–Crippen MR) is 120 cm³/mol. The van der Waals surface area contributed by atoms with Crippen molar-refractivity contribution in [2.45, 2.75) is 57.9 Å². The molecule has 2 heterocycles. The third-order valence-electron chi connectivity index (χ3n) is 6.90. The average molecular weight is 441 g/mol. The second-order valence-corrected chi connectivity index (χ2v) is 9.36. The van der Waals surface area contributed by atoms with Crippen LogP contribution < -0.4 is 5.32 Å². The zero-order valence-electron chi connectivity index (χ0n) is 18.9. The van der Waals surface area contributed by atoms with Gasteiger partial charge in [-0.3, -0.25) is 14.3 Å². The van der Waals surface area contributed by atoms with Crippen molar-refractivity contribution < 1.29 is 14.0 Å². The first kappa shape index (κ1) is 22.5. The van der Waals surface area contributed by atoms with Crippen molar-refractivity contribution in [2.24, 2.45) is 18.9 Å². The molecule has 1 aliphatic heterocycles. The molecule has 1 N–H and O–H groups in total. The number of hydrogen-bond acceptors (Lipinski definition) is 3. The largest absolute Gasteiger partial charge is 0.348 e. The molecule has 2 aliphatic rings. The third kappa shape index (κ3) is 5.75. The first-order valence-electron chi connectivity index (χ1n) is 11.8. The van der Waals surface area contributed by atoms with Crippen molar-refractivity contribution >= 4 is 11.8 Å². The summed E-state index contributed by atoms with van der Waals surface area (Å²) < 4.78 is 14.8. The Morgan fingerprint density at radius 3 is 2.44 bits per heavy atom. The van der Waals surface area contributed by atoms with Gasteiger partial charge < -0.3 is 10.2 Å². The Hall–Kier alpha value is -2.70. The lowest BCUT2D eigenvalue weighted by Crippen LogP contribution is -2.39. The van der Waals surface area contributed by atoms with Crippen LogP contribution in [-0.4, -0.2) is 39.6 Å². The summed E-state index contributed by atoms with van der Waals surface area (Å²) in [6.07, 6.45) is 10.0. The van der Waals surface area contributed by atoms with E-state index in [1.54, 1.807) is 23.0 Å². The van der Waals surface area contributed by atoms with Gasteiger partial charge in [-0.1, -0.05) is 25.0 Å². The molecule has 0 radical (unpaired) electrons. The number of aryl methyl sites for hydroxylation is 1. The van der Waals surface area contributed by atoms with Crippen molar-refractivity contribution in [2.75, 3.05) is 13.1 Å². The molecule has 7 heteroatoms. The standard InChI is InChI=1S/C25H33FN4O2/c1-29-17-22(25(32)27-16-20-6-8-21(26)9-7-20)23(28-29)14-19-10-12-30(13-11-19)24(31)15-18-4-2-3-5-18/h6-9,17-19H,2-5,10-16H2,1H3,(H,27,32). The number of piperidine rings is 1. The molecule has 1 aliphatic carbocycles. The maximum absolute atomic E-state index is 13.1. The Balaban J connectivity index is 1.28. The van der Waals surface area contributed by atoms with Crippen molar-refractivity contribution in [3.8, 4) is 0 Å². The third-order valence-corrected chi connectivity index (χ3v) is 6.90. The van der Waals surface area contributed by atoms with Crippen LogP contribution in [0.25, 0.3) is 0 Å². The van der Waals surface area contributed by atoms with Crippen molar-refractivity contribution in [3.05, 3.63) is 53.1 Å². The van der Waals surface area contributed by atoms with E-state index in [0.717, 1.165) is 43.6 Å². The van der Waals surface area contributed by atoms with Gasteiger partial charge in [0.2, 0.25) is 5.91 Å². The lowest BCUT2D eigenvalue weighted by molar-refractivity contribution is -0.133. The smallest absolute Gasteiger partial charge is 0.255 e. The van der Waals surface area contributed by atoms with Crippen molar-refractivity contribution in [1.82, 2.24) is 20.0 Å². The number of amides is 2. The molecule has 2 amide bonds. The molecule has 1 saturated carbocycles. The summed E-state index contributed by atoms with van der Waals surface area (Å²) in [5.41, 5.74) is 2.24. The van der Waals surface area contributed by atoms with Crippen LogP contribution in [0.3, 0.4) is 0 Å². The molecule has 6 nitrogen and oxygen atoms in total. The van der Waals surface area contributed by atoms with E-state index in [2.05, 4.69) is 10.4 Å². The van der Waals surface area contributed by atoms with Crippen molar-refractivity contribution in [3.63, 3.8) is 0 Å². The molecule has 2 aromatic rings. The van der Waals surface area contributed by atoms with Gasteiger partial charge in [-0.25, -0.2) is 4.39 Å². The first-order valence-corrected chi connectivity index (χ1v) is 11.8. The van der Waals surface area contributed by atoms with Gasteiger partial charge in [-0.2, -0.15) is 5.10 Å². The second kappa shape index (κ2) is 10.3. The minimum Gasteiger partial charge on any atom is -0.348 e. The molecular formula is C25H33FN4O2. The minimum atomic E-state index is -0.291. The van der Waals surface area contributed by atoms with Crippen molar-refractivity contribution in [1.29, 1.82) is 0 Å². The maximum atomic E-state index is 13.1. The van der Waals surface area contributed by atoms with Crippen LogP contribution in [-0.2, 0) is 24.8 Å². The molecule has 2 fully saturated rings. The predicted octanol–water partition coefficient (Wildman–Crippen LogP) is 3.85. The summed E-state index contributed by atoms with van der Waals surface area (Å²) in [6, 6.07) is 6.12. The average Bonchev–Trinajstić information content (AvgIpc) is 3.43. The highest BCUT2D eigenvalue weighted by atomic mass is 19.1. The number of likely N-dealkylation sites (tertiary alicyclic amines) is 1. The number of halogens is 1. The number of carbonyl (C=O) groups is 2. The Morgan fingerprint density at radius 2 is 1.75 bits per heavy atom. The zero-order valence-corrected chi connectivity index (χ0v) is 18.9. The van der Waals surface area contributed by atoms with Crippen LogP contribution in [0.1, 0.15) is 66.6 Å². The SMILES string of the molecule is Cn1cc(C(=O)NCc2ccc(F)cc2)c(CC2CCN(C(=O)CC3CCCC3)CC2)n1. The van der Waals surface area contributed by atoms with Crippen LogP contribution in [0, 0.1) is 17.7 Å². The van der Waals surface area contributed by atoms with E-state index in [-0.39, 0.29) is 11.7 Å². The summed E-state index contributed by atoms with van der Waals surface area (Å²) in [7, 11) is 1.82. The maximum Gasteiger partial charge on any atom is 0.255 e. The monoisotopic (exact) mass is 440 g/mol. The first-order chi connectivity index (χ1) is 15.5. The van der Waals surface area contributed by atoms with Crippen LogP contribution in [0.2, 0.25) is 0 Å². The quantitative estimate of drug-likeness (QED) is 0.711. The minimum absolute atomic E-state index is 0.165. The molecular weight excluding hydrogens is 407 g/mol. The fraction of sp³-hybridized carbons (Fsp3) is 0.560. The van der Waals surface area contributed by atoms with Gasteiger partial charge in [0.05, 0.1) is 11.3 Å². The van der Waals surface area contributed by atoms with Gasteiger partial charge in [0.1, 0.15) is 5.82 Å². The molecule has 0 atom stereocenters. The van der Waals surface area contributed by atoms with E-state index in [1.165, 1.54) is 37.8 Å². The van der Waals surface area contributed by atoms with Gasteiger partial charge in [0, 0.05) is 39.3 Å². The summed E-state index contributed by atoms with van der Waals surface area (Å²) in [4.78, 5) is 27.4. The Bertz CT molecular complexity index is 926. The number of aromatic nitrogens is 2. The van der Waals surface area contributed by atoms with Gasteiger partial charge in [-0.15, -0.1) is 0 Å². The summed E-state index contributed by atoms with van der Waals surface area (Å²) in [6.45, 7) is 1.94. The number of nitrogens with one attached hydrogen (secondary N) is 1. The molecule has 0 bridgehead atoms. The highest BCUT2D eigenvalue weighted by Gasteiger charge is 2.27. The molecule has 4 rings (SSSR count). The Kier molecular flexibility index (Phi) is 7.22. The van der Waals surface area contributed by atoms with E-state index in [4.69, 9.17) is 0 Å². The second-order valence-electron chi connectivity index (χ2n) is 9.36. The van der Waals surface area contributed by atoms with Crippen LogP contribution >= 0.6 is 0 Å². The lowest BCUT2D eigenvalue weighted by Gasteiger charge is -2.32. The Labute approximate surface area is 189 Å². The molecule has 1 aromatic heterocycles. The van der Waals surface area contributed by atoms with Gasteiger partial charge in [0.15, 0.2) is 0 Å². The van der Waals surface area contributed by atoms with Gasteiger partial charge in [-0.05, 0) is 61.6 Å². The fourth-order valence-corrected chi connectivity index (χ4v) is 5.01. The number of rotatable bonds is 7. The van der Waals surface area contributed by atoms with Gasteiger partial charge in [0.25, 0.3) is 5.91 Å². The lowest BCUT2D eigenvalue weighted by atomic mass is 9.90. The van der Waals surface area contributed by atoms with E-state index >= 15 is 0 Å². The fourth-order valence-electron chi connectivity index (χ4n) is 5.01. The van der Waals surface area contributed by atoms with E-state index in [9.17, 15) is 14.0 Å². The van der Waals surface area contributed by atoms with Crippen LogP contribution in [0.5, 0.6) is 0 Å². The highest BCUT2D eigenvalue weighted by molar-refractivity contribution is 5.95. The molecule has 172 valence electrons. The Morgan fingerprint density at radius 1 is 1.06 bits per heavy atom. The molecule has 1 saturated heterocycles. The molecule has 32 heavy (non-hydrogen) atoms. The van der Waals surface area contributed by atoms with Crippen LogP contribution in [0.4, 0.5) is 4.39 Å². The zero-order chi connectivity index (χ0) is 22.5. The van der Waals surface area contributed by atoms with E-state index < -0.39 is 0 Å². The number of benzene rings is 1. The number of carbonyl (C=O) groups excluding carboxylic acids is 2. The highest BCUT2D eigenvalue weighted by Crippen LogP contribution is 2.29. The summed E-state index contributed by atoms with van der Waals surface area (Å²) in [5, 5.41) is 7.46. The summed E-state index contributed by atoms with van der Waals surface area (Å²) in [5.74, 6) is 0.866. The van der Waals surface area contributed by atoms with Gasteiger partial charge >= 0.3 is 0 Å². The normalized spacial score (nSPS) is 17.6. The molecule has 0 spiro atoms. The molecule has 1 aromatic carbocycles. The molecule has 0 unspecified atom stereocenters. The summed E-state index contributed by atoms with van der Waals surface area (Å²) >= 11 is 0. The van der Waals surface area contributed by atoms with E-state index in [1.807, 2.05) is 11.9 Å². The number of hydrogen-bond donors (Lipinski definition) is 1. The topological polar surface area (TPSA) is 67.2 Å².